The van der Waals surface area contributed by atoms with Crippen molar-refractivity contribution in [3.05, 3.63) is 60.7 Å². The lowest BCUT2D eigenvalue weighted by Gasteiger charge is -2.35. The maximum Gasteiger partial charge on any atom is 0.145 e. The Morgan fingerprint density at radius 1 is 1.33 bits per heavy atom. The van der Waals surface area contributed by atoms with Crippen LogP contribution in [-0.4, -0.2) is 41.6 Å². The fraction of sp³-hybridized carbons (Fsp3) is 0.462. The van der Waals surface area contributed by atoms with Crippen LogP contribution in [0.15, 0.2) is 49.4 Å². The van der Waals surface area contributed by atoms with E-state index in [0.29, 0.717) is 12.3 Å². The Morgan fingerprint density at radius 3 is 2.73 bits per heavy atom. The van der Waals surface area contributed by atoms with E-state index in [9.17, 15) is 4.55 Å². The second kappa shape index (κ2) is 10.7. The Balaban J connectivity index is 2.05. The smallest absolute Gasteiger partial charge is 0.145 e. The molecule has 0 aliphatic carbocycles. The number of imidazole rings is 1. The second-order valence-corrected chi connectivity index (χ2v) is 11.3. The van der Waals surface area contributed by atoms with E-state index >= 15 is 0 Å². The van der Waals surface area contributed by atoms with E-state index in [1.807, 2.05) is 73.2 Å². The molecule has 0 N–H and O–H groups in total. The number of hydrogen-bond acceptors (Lipinski definition) is 5. The molecule has 0 aliphatic heterocycles. The maximum absolute atomic E-state index is 13.1. The average molecular weight is 469 g/mol. The van der Waals surface area contributed by atoms with Gasteiger partial charge in [0.05, 0.1) is 18.8 Å². The summed E-state index contributed by atoms with van der Waals surface area (Å²) in [7, 11) is 1.66. The number of ether oxygens (including phenoxy) is 1. The van der Waals surface area contributed by atoms with Crippen LogP contribution in [-0.2, 0) is 17.8 Å². The van der Waals surface area contributed by atoms with Crippen molar-refractivity contribution < 1.29 is 9.29 Å². The highest BCUT2D eigenvalue weighted by Crippen LogP contribution is 2.34. The van der Waals surface area contributed by atoms with Crippen molar-refractivity contribution >= 4 is 17.0 Å². The summed E-state index contributed by atoms with van der Waals surface area (Å²) in [6.07, 6.45) is 10.7. The third-order valence-electron chi connectivity index (χ3n) is 5.70. The molecule has 3 rings (SSSR count). The Morgan fingerprint density at radius 2 is 2.09 bits per heavy atom. The van der Waals surface area contributed by atoms with E-state index in [1.165, 1.54) is 5.56 Å². The molecule has 0 spiro atoms. The average Bonchev–Trinajstić information content (AvgIpc) is 3.27. The van der Waals surface area contributed by atoms with Gasteiger partial charge in [0, 0.05) is 42.1 Å². The standard InChI is InChI=1S/C26H36N4O2S/c1-8-10-11-12-20-17-21(18-29-16-15-27-25(20)29)24-23(32-7)14-13-22(28-24)19(3)30(9-2)33(31)26(4,5)6/h8,13-19H,1,9-12H2,2-7H3/t19-,33-/m1/s1. The number of pyridine rings is 2. The van der Waals surface area contributed by atoms with Crippen molar-refractivity contribution in [3.63, 3.8) is 0 Å². The highest BCUT2D eigenvalue weighted by molar-refractivity contribution is 7.90. The van der Waals surface area contributed by atoms with Crippen molar-refractivity contribution in [2.75, 3.05) is 13.7 Å². The zero-order valence-electron chi connectivity index (χ0n) is 20.7. The largest absolute Gasteiger partial charge is 0.597 e. The third-order valence-corrected chi connectivity index (χ3v) is 7.75. The maximum atomic E-state index is 13.1. The zero-order valence-corrected chi connectivity index (χ0v) is 21.5. The highest BCUT2D eigenvalue weighted by atomic mass is 32.2. The second-order valence-electron chi connectivity index (χ2n) is 9.15. The molecule has 0 aromatic carbocycles. The summed E-state index contributed by atoms with van der Waals surface area (Å²) in [5.41, 5.74) is 4.75. The number of nitrogens with zero attached hydrogens (tertiary/aromatic N) is 4. The van der Waals surface area contributed by atoms with Crippen molar-refractivity contribution in [3.8, 4) is 17.0 Å². The van der Waals surface area contributed by atoms with Crippen molar-refractivity contribution in [2.45, 2.75) is 64.7 Å². The van der Waals surface area contributed by atoms with Crippen LogP contribution in [0, 0.1) is 0 Å². The SMILES string of the molecule is C=CCCCc1cc(-c2nc([C@@H](C)N(CC)[S@+]([O-])C(C)(C)C)ccc2OC)cn2ccnc12. The molecular formula is C26H36N4O2S. The third kappa shape index (κ3) is 5.60. The summed E-state index contributed by atoms with van der Waals surface area (Å²) < 4.78 is 22.5. The fourth-order valence-electron chi connectivity index (χ4n) is 3.96. The van der Waals surface area contributed by atoms with Gasteiger partial charge in [-0.05, 0) is 77.6 Å². The highest BCUT2D eigenvalue weighted by Gasteiger charge is 2.36. The van der Waals surface area contributed by atoms with Crippen LogP contribution in [0.3, 0.4) is 0 Å². The topological polar surface area (TPSA) is 65.7 Å². The van der Waals surface area contributed by atoms with Gasteiger partial charge < -0.3 is 13.7 Å². The van der Waals surface area contributed by atoms with Crippen LogP contribution in [0.5, 0.6) is 5.75 Å². The van der Waals surface area contributed by atoms with E-state index in [1.54, 1.807) is 7.11 Å². The normalized spacial score (nSPS) is 13.9. The fourth-order valence-corrected chi connectivity index (χ4v) is 5.29. The molecule has 3 aromatic heterocycles. The summed E-state index contributed by atoms with van der Waals surface area (Å²) in [6.45, 7) is 14.6. The van der Waals surface area contributed by atoms with Gasteiger partial charge in [0.2, 0.25) is 0 Å². The van der Waals surface area contributed by atoms with Gasteiger partial charge in [-0.25, -0.2) is 9.97 Å². The van der Waals surface area contributed by atoms with Crippen LogP contribution >= 0.6 is 0 Å². The van der Waals surface area contributed by atoms with Gasteiger partial charge in [0.25, 0.3) is 0 Å². The molecule has 0 bridgehead atoms. The summed E-state index contributed by atoms with van der Waals surface area (Å²) >= 11 is -1.14. The predicted octanol–water partition coefficient (Wildman–Crippen LogP) is 5.76. The van der Waals surface area contributed by atoms with Gasteiger partial charge >= 0.3 is 0 Å². The molecule has 2 atom stereocenters. The van der Waals surface area contributed by atoms with Crippen LogP contribution < -0.4 is 4.74 Å². The molecule has 178 valence electrons. The molecule has 33 heavy (non-hydrogen) atoms. The monoisotopic (exact) mass is 468 g/mol. The molecule has 6 nitrogen and oxygen atoms in total. The van der Waals surface area contributed by atoms with Gasteiger partial charge in [0.15, 0.2) is 0 Å². The number of unbranched alkanes of at least 4 members (excludes halogenated alkanes) is 1. The Bertz CT molecular complexity index is 1090. The molecule has 3 heterocycles. The van der Waals surface area contributed by atoms with Gasteiger partial charge in [-0.15, -0.1) is 10.9 Å². The first-order valence-electron chi connectivity index (χ1n) is 11.5. The molecule has 3 aromatic rings. The molecule has 0 saturated carbocycles. The molecule has 0 fully saturated rings. The number of aryl methyl sites for hydroxylation is 1. The summed E-state index contributed by atoms with van der Waals surface area (Å²) in [4.78, 5) is 9.57. The van der Waals surface area contributed by atoms with E-state index in [4.69, 9.17) is 9.72 Å². The number of hydrogen-bond donors (Lipinski definition) is 0. The minimum Gasteiger partial charge on any atom is -0.597 e. The summed E-state index contributed by atoms with van der Waals surface area (Å²) in [5, 5.41) is 0. The Labute approximate surface area is 201 Å². The van der Waals surface area contributed by atoms with Gasteiger partial charge in [-0.1, -0.05) is 6.08 Å². The lowest BCUT2D eigenvalue weighted by Crippen LogP contribution is -2.44. The molecule has 7 heteroatoms. The molecule has 0 amide bonds. The van der Waals surface area contributed by atoms with Crippen LogP contribution in [0.2, 0.25) is 0 Å². The minimum atomic E-state index is -1.14. The molecule has 0 saturated heterocycles. The first-order valence-corrected chi connectivity index (χ1v) is 12.6. The number of fused-ring (bicyclic) bond motifs is 1. The minimum absolute atomic E-state index is 0.108. The lowest BCUT2D eigenvalue weighted by molar-refractivity contribution is 0.339. The van der Waals surface area contributed by atoms with Gasteiger partial charge in [-0.3, -0.25) is 0 Å². The van der Waals surface area contributed by atoms with E-state index in [2.05, 4.69) is 24.6 Å². The zero-order chi connectivity index (χ0) is 24.2. The van der Waals surface area contributed by atoms with Gasteiger partial charge in [0.1, 0.15) is 21.8 Å². The predicted molar refractivity (Wildman–Crippen MR) is 137 cm³/mol. The quantitative estimate of drug-likeness (QED) is 0.215. The van der Waals surface area contributed by atoms with Crippen molar-refractivity contribution in [1.82, 2.24) is 18.7 Å². The molecular weight excluding hydrogens is 432 g/mol. The van der Waals surface area contributed by atoms with E-state index in [0.717, 1.165) is 41.9 Å². The van der Waals surface area contributed by atoms with E-state index < -0.39 is 11.4 Å². The lowest BCUT2D eigenvalue weighted by atomic mass is 10.0. The molecule has 0 radical (unpaired) electrons. The number of methoxy groups -OCH3 is 1. The van der Waals surface area contributed by atoms with Crippen molar-refractivity contribution in [2.24, 2.45) is 0 Å². The summed E-state index contributed by atoms with van der Waals surface area (Å²) in [5.74, 6) is 0.711. The molecule has 0 aliphatic rings. The van der Waals surface area contributed by atoms with Crippen LogP contribution in [0.25, 0.3) is 16.9 Å². The Hall–Kier alpha value is -2.35. The summed E-state index contributed by atoms with van der Waals surface area (Å²) in [6, 6.07) is 5.98. The van der Waals surface area contributed by atoms with Gasteiger partial charge in [-0.2, -0.15) is 0 Å². The number of aromatic nitrogens is 3. The Kier molecular flexibility index (Phi) is 8.21. The van der Waals surface area contributed by atoms with E-state index in [-0.39, 0.29) is 10.8 Å². The first-order chi connectivity index (χ1) is 15.7. The number of allylic oxidation sites excluding steroid dienone is 1. The van der Waals surface area contributed by atoms with Crippen molar-refractivity contribution in [1.29, 1.82) is 0 Å². The van der Waals surface area contributed by atoms with Crippen LogP contribution in [0.4, 0.5) is 0 Å². The number of rotatable bonds is 10. The van der Waals surface area contributed by atoms with Crippen LogP contribution in [0.1, 0.15) is 64.8 Å². The first kappa shape index (κ1) is 25.3. The molecule has 0 unspecified atom stereocenters.